The number of pyridine rings is 1. The molecule has 1 fully saturated rings. The van der Waals surface area contributed by atoms with Crippen LogP contribution in [0.2, 0.25) is 0 Å². The third kappa shape index (κ3) is 5.78. The Hall–Kier alpha value is -3.83. The van der Waals surface area contributed by atoms with Crippen LogP contribution >= 0.6 is 0 Å². The van der Waals surface area contributed by atoms with Gasteiger partial charge in [-0.25, -0.2) is 18.1 Å². The highest BCUT2D eigenvalue weighted by molar-refractivity contribution is 7.92. The van der Waals surface area contributed by atoms with E-state index in [9.17, 15) is 8.42 Å². The van der Waals surface area contributed by atoms with Gasteiger partial charge >= 0.3 is 0 Å². The van der Waals surface area contributed by atoms with Gasteiger partial charge in [-0.3, -0.25) is 14.6 Å². The normalized spacial score (nSPS) is 16.1. The van der Waals surface area contributed by atoms with Gasteiger partial charge in [0.2, 0.25) is 11.8 Å². The van der Waals surface area contributed by atoms with Crippen LogP contribution in [0.15, 0.2) is 66.0 Å². The number of sulfonamides is 1. The van der Waals surface area contributed by atoms with Crippen LogP contribution in [0.1, 0.15) is 23.2 Å². The molecule has 3 aromatic heterocycles. The molecule has 0 saturated carbocycles. The predicted octanol–water partition coefficient (Wildman–Crippen LogP) is 3.34. The van der Waals surface area contributed by atoms with Gasteiger partial charge in [0.05, 0.1) is 17.6 Å². The zero-order valence-electron chi connectivity index (χ0n) is 21.0. The molecule has 1 atom stereocenters. The van der Waals surface area contributed by atoms with Crippen LogP contribution in [0.4, 0.5) is 5.95 Å². The van der Waals surface area contributed by atoms with Gasteiger partial charge in [-0.2, -0.15) is 10.1 Å². The fraction of sp³-hybridized carbons (Fsp3) is 0.308. The predicted molar refractivity (Wildman–Crippen MR) is 140 cm³/mol. The van der Waals surface area contributed by atoms with Crippen LogP contribution in [-0.4, -0.2) is 57.2 Å². The molecule has 1 saturated heterocycles. The van der Waals surface area contributed by atoms with E-state index < -0.39 is 10.0 Å². The standard InChI is InChI=1S/C26H29N7O3S/c1-18-7-6-8-19(2)25(18)23-13-24(30-26(29-23)31-37(34,35)22-14-28-32(3)17-22)36-21-10-12-33(16-21)15-20-9-4-5-11-27-20/h4-9,11,13-14,17,21H,10,12,15-16H2,1-3H3,(H,29,30,31). The first-order valence-electron chi connectivity index (χ1n) is 12.0. The zero-order chi connectivity index (χ0) is 26.0. The zero-order valence-corrected chi connectivity index (χ0v) is 21.8. The monoisotopic (exact) mass is 519 g/mol. The van der Waals surface area contributed by atoms with Crippen molar-refractivity contribution in [1.82, 2.24) is 29.6 Å². The SMILES string of the molecule is Cc1cccc(C)c1-c1cc(OC2CCN(Cc3ccccn3)C2)nc(NS(=O)(=O)c2cnn(C)c2)n1. The quantitative estimate of drug-likeness (QED) is 0.377. The topological polar surface area (TPSA) is 115 Å². The average molecular weight is 520 g/mol. The van der Waals surface area contributed by atoms with E-state index in [2.05, 4.69) is 29.7 Å². The summed E-state index contributed by atoms with van der Waals surface area (Å²) in [7, 11) is -2.27. The third-order valence-corrected chi connectivity index (χ3v) is 7.57. The lowest BCUT2D eigenvalue weighted by molar-refractivity contribution is 0.191. The fourth-order valence-electron chi connectivity index (χ4n) is 4.52. The van der Waals surface area contributed by atoms with Crippen molar-refractivity contribution in [3.8, 4) is 17.1 Å². The van der Waals surface area contributed by atoms with Crippen molar-refractivity contribution in [2.45, 2.75) is 37.8 Å². The Labute approximate surface area is 216 Å². The first-order valence-corrected chi connectivity index (χ1v) is 13.5. The second-order valence-corrected chi connectivity index (χ2v) is 10.9. The maximum Gasteiger partial charge on any atom is 0.267 e. The summed E-state index contributed by atoms with van der Waals surface area (Å²) < 4.78 is 36.2. The van der Waals surface area contributed by atoms with Gasteiger partial charge in [-0.15, -0.1) is 0 Å². The Morgan fingerprint density at radius 3 is 2.62 bits per heavy atom. The Balaban J connectivity index is 1.42. The van der Waals surface area contributed by atoms with Crippen LogP contribution in [0.25, 0.3) is 11.3 Å². The summed E-state index contributed by atoms with van der Waals surface area (Å²) in [5.41, 5.74) is 4.56. The first kappa shape index (κ1) is 24.8. The minimum Gasteiger partial charge on any atom is -0.473 e. The number of nitrogens with one attached hydrogen (secondary N) is 1. The molecule has 4 aromatic rings. The molecule has 0 bridgehead atoms. The number of rotatable bonds is 8. The van der Waals surface area contributed by atoms with Crippen molar-refractivity contribution in [1.29, 1.82) is 0 Å². The van der Waals surface area contributed by atoms with E-state index in [1.54, 1.807) is 19.3 Å². The molecule has 37 heavy (non-hydrogen) atoms. The maximum atomic E-state index is 13.0. The molecule has 11 heteroatoms. The van der Waals surface area contributed by atoms with Gasteiger partial charge in [-0.05, 0) is 43.5 Å². The van der Waals surface area contributed by atoms with Gasteiger partial charge < -0.3 is 4.74 Å². The van der Waals surface area contributed by atoms with Crippen LogP contribution in [-0.2, 0) is 23.6 Å². The number of aryl methyl sites for hydroxylation is 3. The second-order valence-electron chi connectivity index (χ2n) is 9.22. The number of nitrogens with zero attached hydrogens (tertiary/aromatic N) is 6. The van der Waals surface area contributed by atoms with Crippen LogP contribution < -0.4 is 9.46 Å². The molecule has 1 unspecified atom stereocenters. The number of anilines is 1. The Morgan fingerprint density at radius 2 is 1.92 bits per heavy atom. The molecule has 0 aliphatic carbocycles. The van der Waals surface area contributed by atoms with Crippen LogP contribution in [0.3, 0.4) is 0 Å². The highest BCUT2D eigenvalue weighted by Gasteiger charge is 2.26. The Bertz CT molecular complexity index is 1490. The number of hydrogen-bond acceptors (Lipinski definition) is 8. The van der Waals surface area contributed by atoms with Crippen molar-refractivity contribution >= 4 is 16.0 Å². The smallest absolute Gasteiger partial charge is 0.267 e. The fourth-order valence-corrected chi connectivity index (χ4v) is 5.45. The van der Waals surface area contributed by atoms with Crippen molar-refractivity contribution in [2.24, 2.45) is 7.05 Å². The first-order chi connectivity index (χ1) is 17.8. The Kier molecular flexibility index (Phi) is 6.90. The molecule has 0 amide bonds. The molecule has 1 aromatic carbocycles. The largest absolute Gasteiger partial charge is 0.473 e. The summed E-state index contributed by atoms with van der Waals surface area (Å²) in [6.45, 7) is 6.33. The van der Waals surface area contributed by atoms with E-state index in [-0.39, 0.29) is 16.9 Å². The molecule has 4 heterocycles. The minimum atomic E-state index is -3.93. The molecule has 192 valence electrons. The lowest BCUT2D eigenvalue weighted by atomic mass is 10.00. The van der Waals surface area contributed by atoms with E-state index >= 15 is 0 Å². The lowest BCUT2D eigenvalue weighted by Crippen LogP contribution is -2.25. The second kappa shape index (κ2) is 10.3. The summed E-state index contributed by atoms with van der Waals surface area (Å²) in [5.74, 6) is 0.267. The van der Waals surface area contributed by atoms with Crippen molar-refractivity contribution in [2.75, 3.05) is 17.8 Å². The summed E-state index contributed by atoms with van der Waals surface area (Å²) in [6, 6.07) is 13.6. The van der Waals surface area contributed by atoms with Gasteiger partial charge in [-0.1, -0.05) is 24.3 Å². The summed E-state index contributed by atoms with van der Waals surface area (Å²) in [4.78, 5) is 15.7. The highest BCUT2D eigenvalue weighted by atomic mass is 32.2. The molecule has 0 spiro atoms. The van der Waals surface area contributed by atoms with Crippen molar-refractivity contribution in [3.05, 3.63) is 77.9 Å². The number of aromatic nitrogens is 5. The van der Waals surface area contributed by atoms with E-state index in [0.717, 1.165) is 48.4 Å². The maximum absolute atomic E-state index is 13.0. The summed E-state index contributed by atoms with van der Waals surface area (Å²) in [6.07, 6.45) is 5.23. The summed E-state index contributed by atoms with van der Waals surface area (Å²) >= 11 is 0. The number of benzene rings is 1. The van der Waals surface area contributed by atoms with Gasteiger partial charge in [0.15, 0.2) is 0 Å². The van der Waals surface area contributed by atoms with Crippen molar-refractivity contribution < 1.29 is 13.2 Å². The number of hydrogen-bond donors (Lipinski definition) is 1. The summed E-state index contributed by atoms with van der Waals surface area (Å²) in [5, 5.41) is 3.96. The molecule has 1 N–H and O–H groups in total. The third-order valence-electron chi connectivity index (χ3n) is 6.29. The molecule has 1 aliphatic heterocycles. The minimum absolute atomic E-state index is 0.0273. The Morgan fingerprint density at radius 1 is 1.11 bits per heavy atom. The lowest BCUT2D eigenvalue weighted by Gasteiger charge is -2.17. The molecular formula is C26H29N7O3S. The molecule has 0 radical (unpaired) electrons. The van der Waals surface area contributed by atoms with Crippen molar-refractivity contribution in [3.63, 3.8) is 0 Å². The molecule has 1 aliphatic rings. The van der Waals surface area contributed by atoms with Crippen LogP contribution in [0.5, 0.6) is 5.88 Å². The number of likely N-dealkylation sites (tertiary alicyclic amines) is 1. The highest BCUT2D eigenvalue weighted by Crippen LogP contribution is 2.30. The van der Waals surface area contributed by atoms with Gasteiger partial charge in [0.1, 0.15) is 11.0 Å². The van der Waals surface area contributed by atoms with E-state index in [1.165, 1.54) is 17.1 Å². The number of ether oxygens (including phenoxy) is 1. The van der Waals surface area contributed by atoms with Gasteiger partial charge in [0, 0.05) is 50.7 Å². The van der Waals surface area contributed by atoms with Crippen LogP contribution in [0, 0.1) is 13.8 Å². The van der Waals surface area contributed by atoms with E-state index in [1.807, 2.05) is 50.2 Å². The van der Waals surface area contributed by atoms with E-state index in [0.29, 0.717) is 11.6 Å². The molecular weight excluding hydrogens is 490 g/mol. The van der Waals surface area contributed by atoms with E-state index in [4.69, 9.17) is 4.74 Å². The molecule has 10 nitrogen and oxygen atoms in total. The van der Waals surface area contributed by atoms with Gasteiger partial charge in [0.25, 0.3) is 10.0 Å². The molecule has 5 rings (SSSR count). The average Bonchev–Trinajstić information content (AvgIpc) is 3.48.